The Hall–Kier alpha value is -2.11. The summed E-state index contributed by atoms with van der Waals surface area (Å²) in [6, 6.07) is 9.94. The second-order valence-electron chi connectivity index (χ2n) is 4.44. The van der Waals surface area contributed by atoms with E-state index in [1.54, 1.807) is 0 Å². The van der Waals surface area contributed by atoms with Crippen molar-refractivity contribution >= 4 is 46.4 Å². The van der Waals surface area contributed by atoms with Gasteiger partial charge in [0.05, 0.1) is 0 Å². The fourth-order valence-electron chi connectivity index (χ4n) is 1.75. The Kier molecular flexibility index (Phi) is 5.35. The molecule has 0 radical (unpaired) electrons. The second-order valence-corrected chi connectivity index (χ2v) is 5.31. The number of rotatable bonds is 4. The van der Waals surface area contributed by atoms with Crippen LogP contribution < -0.4 is 10.6 Å². The number of carbonyl (C=O) groups is 2. The molecule has 0 saturated carbocycles. The van der Waals surface area contributed by atoms with Crippen molar-refractivity contribution in [3.05, 3.63) is 58.3 Å². The number of anilines is 2. The van der Waals surface area contributed by atoms with Crippen LogP contribution in [0, 0.1) is 5.82 Å². The Labute approximate surface area is 136 Å². The van der Waals surface area contributed by atoms with E-state index in [0.717, 1.165) is 6.07 Å². The molecule has 2 aromatic rings. The molecule has 0 atom stereocenters. The van der Waals surface area contributed by atoms with Gasteiger partial charge in [0.25, 0.3) is 0 Å². The maximum absolute atomic E-state index is 13.0. The summed E-state index contributed by atoms with van der Waals surface area (Å²) in [5, 5.41) is 5.67. The van der Waals surface area contributed by atoms with Crippen LogP contribution in [0.25, 0.3) is 0 Å². The Morgan fingerprint density at radius 2 is 1.50 bits per heavy atom. The van der Waals surface area contributed by atoms with E-state index in [0.29, 0.717) is 15.7 Å². The van der Waals surface area contributed by atoms with Crippen molar-refractivity contribution in [3.63, 3.8) is 0 Å². The average molecular weight is 341 g/mol. The molecule has 2 rings (SSSR count). The smallest absolute Gasteiger partial charge is 0.233 e. The molecule has 2 amide bonds. The SMILES string of the molecule is O=C(CC(=O)Nc1cc(Cl)cc(Cl)c1)Nc1cccc(F)c1. The van der Waals surface area contributed by atoms with Gasteiger partial charge in [-0.25, -0.2) is 4.39 Å². The number of hydrogen-bond acceptors (Lipinski definition) is 2. The summed E-state index contributed by atoms with van der Waals surface area (Å²) in [5.41, 5.74) is 0.671. The summed E-state index contributed by atoms with van der Waals surface area (Å²) in [6.45, 7) is 0. The molecule has 0 aliphatic carbocycles. The van der Waals surface area contributed by atoms with Crippen LogP contribution in [0.1, 0.15) is 6.42 Å². The van der Waals surface area contributed by atoms with Crippen molar-refractivity contribution in [2.24, 2.45) is 0 Å². The molecule has 0 saturated heterocycles. The van der Waals surface area contributed by atoms with Gasteiger partial charge in [0.1, 0.15) is 12.2 Å². The van der Waals surface area contributed by atoms with Gasteiger partial charge in [-0.05, 0) is 36.4 Å². The van der Waals surface area contributed by atoms with Crippen LogP contribution in [-0.4, -0.2) is 11.8 Å². The molecule has 114 valence electrons. The number of halogens is 3. The Balaban J connectivity index is 1.92. The first-order valence-corrected chi connectivity index (χ1v) is 6.99. The summed E-state index contributed by atoms with van der Waals surface area (Å²) in [5.74, 6) is -1.57. The number of benzene rings is 2. The van der Waals surface area contributed by atoms with Crippen LogP contribution in [0.3, 0.4) is 0 Å². The minimum atomic E-state index is -0.559. The molecular weight excluding hydrogens is 330 g/mol. The van der Waals surface area contributed by atoms with E-state index in [-0.39, 0.29) is 5.69 Å². The van der Waals surface area contributed by atoms with Gasteiger partial charge in [0, 0.05) is 21.4 Å². The first kappa shape index (κ1) is 16.3. The number of carbonyl (C=O) groups excluding carboxylic acids is 2. The summed E-state index contributed by atoms with van der Waals surface area (Å²) in [4.78, 5) is 23.5. The third-order valence-electron chi connectivity index (χ3n) is 2.58. The predicted octanol–water partition coefficient (Wildman–Crippen LogP) is 4.10. The van der Waals surface area contributed by atoms with Crippen LogP contribution >= 0.6 is 23.2 Å². The highest BCUT2D eigenvalue weighted by atomic mass is 35.5. The van der Waals surface area contributed by atoms with Crippen LogP contribution in [0.4, 0.5) is 15.8 Å². The molecule has 2 N–H and O–H groups in total. The topological polar surface area (TPSA) is 58.2 Å². The maximum atomic E-state index is 13.0. The number of amides is 2. The van der Waals surface area contributed by atoms with Crippen molar-refractivity contribution in [1.29, 1.82) is 0 Å². The Morgan fingerprint density at radius 1 is 0.909 bits per heavy atom. The molecule has 0 aliphatic heterocycles. The minimum Gasteiger partial charge on any atom is -0.326 e. The lowest BCUT2D eigenvalue weighted by molar-refractivity contribution is -0.123. The molecule has 0 aliphatic rings. The number of hydrogen-bond donors (Lipinski definition) is 2. The highest BCUT2D eigenvalue weighted by Crippen LogP contribution is 2.22. The zero-order valence-corrected chi connectivity index (χ0v) is 12.7. The van der Waals surface area contributed by atoms with Crippen LogP contribution in [-0.2, 0) is 9.59 Å². The van der Waals surface area contributed by atoms with Gasteiger partial charge in [0.2, 0.25) is 11.8 Å². The summed E-state index contributed by atoms with van der Waals surface area (Å²) < 4.78 is 13.0. The molecule has 4 nitrogen and oxygen atoms in total. The third-order valence-corrected chi connectivity index (χ3v) is 3.01. The Morgan fingerprint density at radius 3 is 2.09 bits per heavy atom. The normalized spacial score (nSPS) is 10.1. The fraction of sp³-hybridized carbons (Fsp3) is 0.0667. The fourth-order valence-corrected chi connectivity index (χ4v) is 2.27. The lowest BCUT2D eigenvalue weighted by Crippen LogP contribution is -2.21. The first-order chi connectivity index (χ1) is 10.4. The highest BCUT2D eigenvalue weighted by molar-refractivity contribution is 6.35. The molecule has 22 heavy (non-hydrogen) atoms. The van der Waals surface area contributed by atoms with Gasteiger partial charge in [-0.2, -0.15) is 0 Å². The van der Waals surface area contributed by atoms with Crippen molar-refractivity contribution in [3.8, 4) is 0 Å². The molecular formula is C15H11Cl2FN2O2. The average Bonchev–Trinajstić information content (AvgIpc) is 2.36. The van der Waals surface area contributed by atoms with Gasteiger partial charge in [-0.15, -0.1) is 0 Å². The molecule has 0 spiro atoms. The molecule has 0 unspecified atom stereocenters. The standard InChI is InChI=1S/C15H11Cl2FN2O2/c16-9-4-10(17)6-13(5-9)20-15(22)8-14(21)19-12-3-1-2-11(18)7-12/h1-7H,8H2,(H,19,21)(H,20,22). The van der Waals surface area contributed by atoms with E-state index < -0.39 is 24.1 Å². The van der Waals surface area contributed by atoms with E-state index in [1.807, 2.05) is 0 Å². The van der Waals surface area contributed by atoms with Gasteiger partial charge >= 0.3 is 0 Å². The van der Waals surface area contributed by atoms with E-state index in [9.17, 15) is 14.0 Å². The minimum absolute atomic E-state index is 0.281. The molecule has 0 fully saturated rings. The Bertz CT molecular complexity index is 702. The maximum Gasteiger partial charge on any atom is 0.233 e. The zero-order chi connectivity index (χ0) is 16.1. The van der Waals surface area contributed by atoms with Crippen molar-refractivity contribution in [2.45, 2.75) is 6.42 Å². The highest BCUT2D eigenvalue weighted by Gasteiger charge is 2.11. The van der Waals surface area contributed by atoms with Gasteiger partial charge in [-0.3, -0.25) is 9.59 Å². The van der Waals surface area contributed by atoms with E-state index in [4.69, 9.17) is 23.2 Å². The molecule has 7 heteroatoms. The second kappa shape index (κ2) is 7.24. The zero-order valence-electron chi connectivity index (χ0n) is 11.2. The van der Waals surface area contributed by atoms with Gasteiger partial charge in [-0.1, -0.05) is 29.3 Å². The van der Waals surface area contributed by atoms with Crippen molar-refractivity contribution < 1.29 is 14.0 Å². The predicted molar refractivity (Wildman–Crippen MR) is 84.7 cm³/mol. The van der Waals surface area contributed by atoms with Crippen LogP contribution in [0.2, 0.25) is 10.0 Å². The van der Waals surface area contributed by atoms with Gasteiger partial charge < -0.3 is 10.6 Å². The van der Waals surface area contributed by atoms with E-state index >= 15 is 0 Å². The molecule has 0 bridgehead atoms. The number of nitrogens with one attached hydrogen (secondary N) is 2. The summed E-state index contributed by atoms with van der Waals surface area (Å²) in [7, 11) is 0. The molecule has 2 aromatic carbocycles. The largest absolute Gasteiger partial charge is 0.326 e. The quantitative estimate of drug-likeness (QED) is 0.823. The lowest BCUT2D eigenvalue weighted by atomic mass is 10.2. The van der Waals surface area contributed by atoms with Crippen molar-refractivity contribution in [2.75, 3.05) is 10.6 Å². The molecule has 0 aromatic heterocycles. The summed E-state index contributed by atoms with van der Waals surface area (Å²) in [6.07, 6.45) is -0.416. The summed E-state index contributed by atoms with van der Waals surface area (Å²) >= 11 is 11.6. The van der Waals surface area contributed by atoms with Gasteiger partial charge in [0.15, 0.2) is 0 Å². The van der Waals surface area contributed by atoms with Crippen LogP contribution in [0.15, 0.2) is 42.5 Å². The first-order valence-electron chi connectivity index (χ1n) is 6.24. The van der Waals surface area contributed by atoms with Crippen molar-refractivity contribution in [1.82, 2.24) is 0 Å². The monoisotopic (exact) mass is 340 g/mol. The van der Waals surface area contributed by atoms with E-state index in [2.05, 4.69) is 10.6 Å². The van der Waals surface area contributed by atoms with E-state index in [1.165, 1.54) is 36.4 Å². The van der Waals surface area contributed by atoms with Crippen LogP contribution in [0.5, 0.6) is 0 Å². The molecule has 0 heterocycles. The lowest BCUT2D eigenvalue weighted by Gasteiger charge is -2.07. The third kappa shape index (κ3) is 5.02.